The van der Waals surface area contributed by atoms with Crippen molar-refractivity contribution < 1.29 is 71.7 Å². The van der Waals surface area contributed by atoms with Crippen molar-refractivity contribution in [2.45, 2.75) is 140 Å². The van der Waals surface area contributed by atoms with Crippen LogP contribution in [-0.2, 0) is 58.6 Å². The van der Waals surface area contributed by atoms with Crippen LogP contribution < -0.4 is 0 Å². The third-order valence-corrected chi connectivity index (χ3v) is 13.7. The van der Waals surface area contributed by atoms with Gasteiger partial charge in [0.15, 0.2) is 0 Å². The van der Waals surface area contributed by atoms with Crippen LogP contribution in [0.5, 0.6) is 0 Å². The average Bonchev–Trinajstić information content (AvgIpc) is 3.88. The van der Waals surface area contributed by atoms with Gasteiger partial charge in [0, 0.05) is 63.7 Å². The standard InChI is InChI=1S/C55H68N2O17/c1-34-27-41(15-12-26-68-53(61)54(3,4)5)70-45(34)25-24-42-31-55(6,74-49(58)33-66-7)35(2)46(71-42)30-47-44(28-36-13-10-9-11-14-36)50(67-8)48(73-47)29-43(72-52(60)38-18-22-40(23-19-38)57(64)65)32-69-51(59)37-16-20-39(21-17-37)56(62)63/h9-11,13-14,16-23,41-48,50H,1-2,12,15,24-33H2,3-8H3/t41-,42-,43-,44-,45?,46?,47-,48+,50+,55+/m0/s1. The van der Waals surface area contributed by atoms with E-state index >= 15 is 0 Å². The molecule has 3 heterocycles. The van der Waals surface area contributed by atoms with Gasteiger partial charge in [0.25, 0.3) is 11.4 Å². The van der Waals surface area contributed by atoms with E-state index in [9.17, 15) is 39.4 Å². The number of non-ortho nitro benzene ring substituents is 2. The van der Waals surface area contributed by atoms with E-state index in [0.29, 0.717) is 57.1 Å². The molecule has 0 radical (unpaired) electrons. The minimum Gasteiger partial charge on any atom is -0.465 e. The SMILES string of the molecule is C=C1C[C@H](CCCOC(=O)C(C)(C)C)OC1CC[C@H]1C[C@@](C)(OC(=O)COC)C(=C)C(C[C@@H]2O[C@H](C[C@@H](COC(=O)c3ccc([N+](=O)[O-])cc3)OC(=O)c3ccc([N+](=O)[O-])cc3)[C@H](OC)[C@H]2Cc2ccccc2)O1. The molecule has 10 atom stereocenters. The maximum Gasteiger partial charge on any atom is 0.338 e. The van der Waals surface area contributed by atoms with Crippen molar-refractivity contribution in [3.05, 3.63) is 140 Å². The Balaban J connectivity index is 1.22. The fraction of sp³-hybridized carbons (Fsp3) is 0.527. The molecule has 19 nitrogen and oxygen atoms in total. The van der Waals surface area contributed by atoms with Gasteiger partial charge in [-0.25, -0.2) is 14.4 Å². The van der Waals surface area contributed by atoms with Crippen molar-refractivity contribution >= 4 is 35.3 Å². The first-order valence-corrected chi connectivity index (χ1v) is 24.8. The number of hydrogen-bond donors (Lipinski definition) is 0. The summed E-state index contributed by atoms with van der Waals surface area (Å²) in [5, 5.41) is 22.6. The third-order valence-electron chi connectivity index (χ3n) is 13.7. The number of nitro benzene ring substituents is 2. The number of rotatable bonds is 24. The number of ether oxygens (including phenoxy) is 9. The predicted octanol–water partition coefficient (Wildman–Crippen LogP) is 8.83. The van der Waals surface area contributed by atoms with Crippen LogP contribution in [0.2, 0.25) is 0 Å². The number of carbonyl (C=O) groups excluding carboxylic acids is 4. The summed E-state index contributed by atoms with van der Waals surface area (Å²) < 4.78 is 54.9. The zero-order chi connectivity index (χ0) is 53.7. The average molecular weight is 1030 g/mol. The summed E-state index contributed by atoms with van der Waals surface area (Å²) in [6.45, 7) is 15.6. The summed E-state index contributed by atoms with van der Waals surface area (Å²) in [5.74, 6) is -2.82. The van der Waals surface area contributed by atoms with Gasteiger partial charge in [-0.1, -0.05) is 43.5 Å². The van der Waals surface area contributed by atoms with Gasteiger partial charge in [0.05, 0.1) is 75.7 Å². The quantitative estimate of drug-likeness (QED) is 0.0203. The number of methoxy groups -OCH3 is 2. The second kappa shape index (κ2) is 25.7. The van der Waals surface area contributed by atoms with Gasteiger partial charge in [-0.2, -0.15) is 0 Å². The lowest BCUT2D eigenvalue weighted by Gasteiger charge is -2.45. The molecule has 400 valence electrons. The Labute approximate surface area is 431 Å². The Kier molecular flexibility index (Phi) is 19.8. The molecule has 0 aromatic heterocycles. The van der Waals surface area contributed by atoms with Crippen LogP contribution in [0.15, 0.2) is 103 Å². The first-order valence-electron chi connectivity index (χ1n) is 24.8. The predicted molar refractivity (Wildman–Crippen MR) is 268 cm³/mol. The van der Waals surface area contributed by atoms with Gasteiger partial charge < -0.3 is 42.6 Å². The normalized spacial score (nSPS) is 25.2. The number of nitrogens with zero attached hydrogens (tertiary/aromatic N) is 2. The van der Waals surface area contributed by atoms with Crippen LogP contribution in [0.1, 0.15) is 105 Å². The lowest BCUT2D eigenvalue weighted by Crippen LogP contribution is -2.50. The lowest BCUT2D eigenvalue weighted by molar-refractivity contribution is -0.385. The molecule has 0 saturated carbocycles. The van der Waals surface area contributed by atoms with Gasteiger partial charge in [-0.05, 0) is 107 Å². The van der Waals surface area contributed by atoms with Crippen molar-refractivity contribution in [3.63, 3.8) is 0 Å². The van der Waals surface area contributed by atoms with Gasteiger partial charge >= 0.3 is 23.9 Å². The molecule has 3 aromatic rings. The molecule has 3 fully saturated rings. The van der Waals surface area contributed by atoms with Gasteiger partial charge in [-0.3, -0.25) is 25.0 Å². The van der Waals surface area contributed by atoms with E-state index in [4.69, 9.17) is 42.6 Å². The highest BCUT2D eigenvalue weighted by Crippen LogP contribution is 2.44. The fourth-order valence-corrected chi connectivity index (χ4v) is 9.72. The second-order valence-corrected chi connectivity index (χ2v) is 20.3. The molecule has 0 N–H and O–H groups in total. The van der Waals surface area contributed by atoms with E-state index in [1.54, 1.807) is 7.11 Å². The number of nitro groups is 2. The molecule has 3 aliphatic rings. The molecule has 0 aliphatic carbocycles. The molecular weight excluding hydrogens is 961 g/mol. The van der Waals surface area contributed by atoms with E-state index in [1.165, 1.54) is 55.6 Å². The molecule has 3 aliphatic heterocycles. The Morgan fingerprint density at radius 2 is 1.41 bits per heavy atom. The van der Waals surface area contributed by atoms with Crippen LogP contribution in [0.3, 0.4) is 0 Å². The van der Waals surface area contributed by atoms with Gasteiger partial charge in [-0.15, -0.1) is 0 Å². The molecule has 74 heavy (non-hydrogen) atoms. The van der Waals surface area contributed by atoms with Crippen molar-refractivity contribution in [1.82, 2.24) is 0 Å². The molecule has 0 bridgehead atoms. The van der Waals surface area contributed by atoms with Crippen LogP contribution >= 0.6 is 0 Å². The summed E-state index contributed by atoms with van der Waals surface area (Å²) in [7, 11) is 2.96. The van der Waals surface area contributed by atoms with E-state index in [0.717, 1.165) is 11.1 Å². The first-order chi connectivity index (χ1) is 35.2. The molecule has 3 saturated heterocycles. The smallest absolute Gasteiger partial charge is 0.338 e. The fourth-order valence-electron chi connectivity index (χ4n) is 9.72. The number of benzene rings is 3. The highest BCUT2D eigenvalue weighted by Gasteiger charge is 2.50. The minimum absolute atomic E-state index is 0.00838. The second-order valence-electron chi connectivity index (χ2n) is 20.3. The maximum atomic E-state index is 13.7. The maximum absolute atomic E-state index is 13.7. The van der Waals surface area contributed by atoms with E-state index < -0.39 is 82.0 Å². The van der Waals surface area contributed by atoms with Crippen molar-refractivity contribution in [1.29, 1.82) is 0 Å². The van der Waals surface area contributed by atoms with Crippen LogP contribution in [0.25, 0.3) is 0 Å². The van der Waals surface area contributed by atoms with Crippen molar-refractivity contribution in [3.8, 4) is 0 Å². The summed E-state index contributed by atoms with van der Waals surface area (Å²) >= 11 is 0. The van der Waals surface area contributed by atoms with Gasteiger partial charge in [0.2, 0.25) is 0 Å². The molecule has 3 aromatic carbocycles. The van der Waals surface area contributed by atoms with E-state index in [1.807, 2.05) is 58.0 Å². The van der Waals surface area contributed by atoms with E-state index in [2.05, 4.69) is 13.2 Å². The lowest BCUT2D eigenvalue weighted by atomic mass is 9.79. The molecule has 6 rings (SSSR count). The summed E-state index contributed by atoms with van der Waals surface area (Å²) in [4.78, 5) is 73.7. The Morgan fingerprint density at radius 1 is 0.784 bits per heavy atom. The summed E-state index contributed by atoms with van der Waals surface area (Å²) in [6, 6.07) is 19.4. The topological polar surface area (TPSA) is 238 Å². The molecule has 19 heteroatoms. The van der Waals surface area contributed by atoms with Crippen LogP contribution in [0.4, 0.5) is 11.4 Å². The van der Waals surface area contributed by atoms with Crippen molar-refractivity contribution in [2.24, 2.45) is 11.3 Å². The molecule has 0 amide bonds. The zero-order valence-electron chi connectivity index (χ0n) is 42.9. The highest BCUT2D eigenvalue weighted by atomic mass is 16.6. The largest absolute Gasteiger partial charge is 0.465 e. The Bertz CT molecular complexity index is 2460. The monoisotopic (exact) mass is 1030 g/mol. The van der Waals surface area contributed by atoms with Crippen LogP contribution in [0, 0.1) is 31.6 Å². The Hall–Kier alpha value is -6.38. The summed E-state index contributed by atoms with van der Waals surface area (Å²) in [5.41, 5.74) is 0.314. The van der Waals surface area contributed by atoms with E-state index in [-0.39, 0.29) is 66.0 Å². The zero-order valence-corrected chi connectivity index (χ0v) is 42.9. The molecule has 2 unspecified atom stereocenters. The first kappa shape index (κ1) is 56.9. The number of esters is 4. The number of carbonyl (C=O) groups is 4. The van der Waals surface area contributed by atoms with Gasteiger partial charge in [0.1, 0.15) is 24.9 Å². The van der Waals surface area contributed by atoms with Crippen LogP contribution in [-0.4, -0.2) is 122 Å². The number of hydrogen-bond acceptors (Lipinski definition) is 17. The molecular formula is C55H68N2O17. The highest BCUT2D eigenvalue weighted by molar-refractivity contribution is 5.90. The van der Waals surface area contributed by atoms with Crippen molar-refractivity contribution in [2.75, 3.05) is 34.0 Å². The summed E-state index contributed by atoms with van der Waals surface area (Å²) in [6.07, 6.45) is -0.386. The minimum atomic E-state index is -1.16. The molecule has 0 spiro atoms. The Morgan fingerprint density at radius 3 is 2.00 bits per heavy atom. The third kappa shape index (κ3) is 15.3.